The number of hydrogen-bond acceptors (Lipinski definition) is 4. The molecule has 1 heterocycles. The SMILES string of the molecule is C=CC(O)N1C(=O)CSC1=S. The van der Waals surface area contributed by atoms with E-state index < -0.39 is 6.23 Å². The topological polar surface area (TPSA) is 40.5 Å². The monoisotopic (exact) mass is 189 g/mol. The average Bonchev–Trinajstić information content (AvgIpc) is 2.30. The van der Waals surface area contributed by atoms with E-state index in [1.807, 2.05) is 0 Å². The molecule has 0 aromatic heterocycles. The van der Waals surface area contributed by atoms with Crippen LogP contribution in [0.4, 0.5) is 0 Å². The van der Waals surface area contributed by atoms with Gasteiger partial charge >= 0.3 is 0 Å². The van der Waals surface area contributed by atoms with Crippen LogP contribution in [0.1, 0.15) is 0 Å². The van der Waals surface area contributed by atoms with Crippen molar-refractivity contribution in [3.8, 4) is 0 Å². The van der Waals surface area contributed by atoms with E-state index in [1.54, 1.807) is 0 Å². The van der Waals surface area contributed by atoms with Crippen molar-refractivity contribution < 1.29 is 9.90 Å². The van der Waals surface area contributed by atoms with E-state index in [-0.39, 0.29) is 5.91 Å². The molecule has 0 bridgehead atoms. The second-order valence-electron chi connectivity index (χ2n) is 1.97. The molecule has 1 saturated heterocycles. The predicted molar refractivity (Wildman–Crippen MR) is 48.1 cm³/mol. The minimum Gasteiger partial charge on any atom is -0.369 e. The minimum atomic E-state index is -0.968. The van der Waals surface area contributed by atoms with Gasteiger partial charge in [-0.25, -0.2) is 0 Å². The van der Waals surface area contributed by atoms with Gasteiger partial charge in [0.25, 0.3) is 0 Å². The molecular formula is C6H7NO2S2. The molecule has 0 aliphatic carbocycles. The van der Waals surface area contributed by atoms with Crippen molar-refractivity contribution in [1.29, 1.82) is 0 Å². The Morgan fingerprint density at radius 2 is 2.55 bits per heavy atom. The van der Waals surface area contributed by atoms with Gasteiger partial charge in [0.2, 0.25) is 5.91 Å². The molecule has 0 spiro atoms. The Morgan fingerprint density at radius 3 is 2.91 bits per heavy atom. The highest BCUT2D eigenvalue weighted by atomic mass is 32.2. The van der Waals surface area contributed by atoms with Gasteiger partial charge in [-0.15, -0.1) is 0 Å². The second kappa shape index (κ2) is 3.34. The summed E-state index contributed by atoms with van der Waals surface area (Å²) >= 11 is 6.08. The summed E-state index contributed by atoms with van der Waals surface area (Å²) < 4.78 is 0.419. The Balaban J connectivity index is 2.75. The molecule has 11 heavy (non-hydrogen) atoms. The van der Waals surface area contributed by atoms with Crippen molar-refractivity contribution in [3.63, 3.8) is 0 Å². The highest BCUT2D eigenvalue weighted by Crippen LogP contribution is 2.20. The average molecular weight is 189 g/mol. The molecule has 1 rings (SSSR count). The third-order valence-electron chi connectivity index (χ3n) is 1.26. The Labute approximate surface area is 74.1 Å². The molecule has 3 nitrogen and oxygen atoms in total. The number of carbonyl (C=O) groups excluding carboxylic acids is 1. The number of amides is 1. The smallest absolute Gasteiger partial charge is 0.240 e. The summed E-state index contributed by atoms with van der Waals surface area (Å²) in [5, 5.41) is 9.18. The summed E-state index contributed by atoms with van der Waals surface area (Å²) in [6.07, 6.45) is 0.306. The Kier molecular flexibility index (Phi) is 2.64. The number of aliphatic hydroxyl groups is 1. The van der Waals surface area contributed by atoms with E-state index in [2.05, 4.69) is 6.58 Å². The standard InChI is InChI=1S/C6H7NO2S2/c1-2-4(8)7-5(9)3-11-6(7)10/h2,4,8H,1,3H2. The number of carbonyl (C=O) groups is 1. The van der Waals surface area contributed by atoms with Crippen molar-refractivity contribution in [2.24, 2.45) is 0 Å². The van der Waals surface area contributed by atoms with Gasteiger partial charge in [0.1, 0.15) is 4.32 Å². The summed E-state index contributed by atoms with van der Waals surface area (Å²) in [5.74, 6) is 0.163. The van der Waals surface area contributed by atoms with Crippen molar-refractivity contribution in [2.75, 3.05) is 5.75 Å². The van der Waals surface area contributed by atoms with Gasteiger partial charge in [-0.1, -0.05) is 30.6 Å². The van der Waals surface area contributed by atoms with E-state index >= 15 is 0 Å². The molecule has 1 atom stereocenters. The molecule has 1 unspecified atom stereocenters. The lowest BCUT2D eigenvalue weighted by atomic mass is 10.4. The van der Waals surface area contributed by atoms with Gasteiger partial charge in [-0.2, -0.15) is 0 Å². The number of hydrogen-bond donors (Lipinski definition) is 1. The number of thioether (sulfide) groups is 1. The van der Waals surface area contributed by atoms with Crippen LogP contribution in [0, 0.1) is 0 Å². The zero-order valence-corrected chi connectivity index (χ0v) is 7.32. The van der Waals surface area contributed by atoms with E-state index in [1.165, 1.54) is 17.8 Å². The maximum atomic E-state index is 11.0. The van der Waals surface area contributed by atoms with E-state index in [0.29, 0.717) is 10.1 Å². The van der Waals surface area contributed by atoms with Crippen LogP contribution in [-0.2, 0) is 4.79 Å². The van der Waals surface area contributed by atoms with Crippen molar-refractivity contribution >= 4 is 34.2 Å². The first kappa shape index (κ1) is 8.70. The van der Waals surface area contributed by atoms with Gasteiger partial charge in [0, 0.05) is 0 Å². The fraction of sp³-hybridized carbons (Fsp3) is 0.333. The first-order valence-electron chi connectivity index (χ1n) is 2.96. The molecule has 1 aliphatic heterocycles. The van der Waals surface area contributed by atoms with Crippen molar-refractivity contribution in [3.05, 3.63) is 12.7 Å². The third-order valence-corrected chi connectivity index (χ3v) is 2.65. The fourth-order valence-electron chi connectivity index (χ4n) is 0.725. The second-order valence-corrected chi connectivity index (χ2v) is 3.58. The van der Waals surface area contributed by atoms with Crippen molar-refractivity contribution in [2.45, 2.75) is 6.23 Å². The molecule has 1 aliphatic rings. The van der Waals surface area contributed by atoms with Crippen LogP contribution >= 0.6 is 24.0 Å². The van der Waals surface area contributed by atoms with Crippen LogP contribution in [0.3, 0.4) is 0 Å². The van der Waals surface area contributed by atoms with Gasteiger partial charge < -0.3 is 5.11 Å². The van der Waals surface area contributed by atoms with Crippen LogP contribution in [0.5, 0.6) is 0 Å². The van der Waals surface area contributed by atoms with Gasteiger partial charge in [0.15, 0.2) is 6.23 Å². The lowest BCUT2D eigenvalue weighted by molar-refractivity contribution is -0.128. The van der Waals surface area contributed by atoms with Gasteiger partial charge in [-0.05, 0) is 6.08 Å². The summed E-state index contributed by atoms with van der Waals surface area (Å²) in [7, 11) is 0. The predicted octanol–water partition coefficient (Wildman–Crippen LogP) is 0.351. The molecule has 1 fully saturated rings. The molecule has 5 heteroatoms. The molecule has 0 saturated carbocycles. The summed E-state index contributed by atoms with van der Waals surface area (Å²) in [6.45, 7) is 3.36. The minimum absolute atomic E-state index is 0.160. The number of thiocarbonyl (C=S) groups is 1. The van der Waals surface area contributed by atoms with Gasteiger partial charge in [-0.3, -0.25) is 9.69 Å². The Morgan fingerprint density at radius 1 is 1.91 bits per heavy atom. The lowest BCUT2D eigenvalue weighted by Crippen LogP contribution is -2.37. The number of aliphatic hydroxyl groups excluding tert-OH is 1. The normalized spacial score (nSPS) is 20.6. The van der Waals surface area contributed by atoms with Crippen LogP contribution in [0.2, 0.25) is 0 Å². The summed E-state index contributed by atoms with van der Waals surface area (Å²) in [6, 6.07) is 0. The van der Waals surface area contributed by atoms with Crippen molar-refractivity contribution in [1.82, 2.24) is 4.90 Å². The zero-order valence-electron chi connectivity index (χ0n) is 5.69. The van der Waals surface area contributed by atoms with E-state index in [4.69, 9.17) is 12.2 Å². The molecule has 0 aromatic rings. The molecule has 0 aromatic carbocycles. The molecule has 0 radical (unpaired) electrons. The lowest BCUT2D eigenvalue weighted by Gasteiger charge is -2.18. The highest BCUT2D eigenvalue weighted by Gasteiger charge is 2.30. The third kappa shape index (κ3) is 1.61. The van der Waals surface area contributed by atoms with E-state index in [0.717, 1.165) is 4.90 Å². The molecule has 1 N–H and O–H groups in total. The highest BCUT2D eigenvalue weighted by molar-refractivity contribution is 8.23. The maximum absolute atomic E-state index is 11.0. The summed E-state index contributed by atoms with van der Waals surface area (Å²) in [4.78, 5) is 12.2. The van der Waals surface area contributed by atoms with Crippen LogP contribution in [0.15, 0.2) is 12.7 Å². The molecule has 60 valence electrons. The molecular weight excluding hydrogens is 182 g/mol. The Bertz CT molecular complexity index is 201. The number of nitrogens with zero attached hydrogens (tertiary/aromatic N) is 1. The van der Waals surface area contributed by atoms with Crippen LogP contribution in [0.25, 0.3) is 0 Å². The largest absolute Gasteiger partial charge is 0.369 e. The van der Waals surface area contributed by atoms with Crippen LogP contribution < -0.4 is 0 Å². The quantitative estimate of drug-likeness (QED) is 0.503. The summed E-state index contributed by atoms with van der Waals surface area (Å²) in [5.41, 5.74) is 0. The van der Waals surface area contributed by atoms with Gasteiger partial charge in [0.05, 0.1) is 5.75 Å². The zero-order chi connectivity index (χ0) is 8.43. The Hall–Kier alpha value is -0.390. The fourth-order valence-corrected chi connectivity index (χ4v) is 1.85. The molecule has 1 amide bonds. The first-order valence-corrected chi connectivity index (χ1v) is 4.35. The van der Waals surface area contributed by atoms with E-state index in [9.17, 15) is 9.90 Å². The number of rotatable bonds is 2. The van der Waals surface area contributed by atoms with Crippen LogP contribution in [-0.4, -0.2) is 32.2 Å². The first-order chi connectivity index (χ1) is 5.16. The maximum Gasteiger partial charge on any atom is 0.240 e.